The van der Waals surface area contributed by atoms with E-state index >= 15 is 0 Å². The summed E-state index contributed by atoms with van der Waals surface area (Å²) in [5.74, 6) is -0.427. The van der Waals surface area contributed by atoms with Crippen molar-refractivity contribution < 1.29 is 9.53 Å². The summed E-state index contributed by atoms with van der Waals surface area (Å²) in [6.07, 6.45) is 1.50. The third-order valence-electron chi connectivity index (χ3n) is 4.11. The van der Waals surface area contributed by atoms with Gasteiger partial charge >= 0.3 is 11.7 Å². The van der Waals surface area contributed by atoms with Crippen molar-refractivity contribution in [3.63, 3.8) is 0 Å². The minimum Gasteiger partial charge on any atom is -0.461 e. The molecule has 8 nitrogen and oxygen atoms in total. The van der Waals surface area contributed by atoms with Gasteiger partial charge in [-0.05, 0) is 18.1 Å². The molecule has 0 aliphatic heterocycles. The zero-order valence-corrected chi connectivity index (χ0v) is 15.1. The number of aromatic amines is 2. The number of benzene rings is 1. The number of aryl methyl sites for hydroxylation is 1. The normalized spacial score (nSPS) is 10.9. The van der Waals surface area contributed by atoms with Crippen molar-refractivity contribution >= 4 is 17.0 Å². The molecule has 0 radical (unpaired) electrons. The Bertz CT molecular complexity index is 1100. The molecule has 0 amide bonds. The Hall–Kier alpha value is -3.26. The van der Waals surface area contributed by atoms with Crippen LogP contribution in [0.25, 0.3) is 11.0 Å². The van der Waals surface area contributed by atoms with Crippen molar-refractivity contribution in [1.29, 1.82) is 0 Å². The molecule has 0 atom stereocenters. The van der Waals surface area contributed by atoms with E-state index in [1.165, 1.54) is 13.1 Å². The highest BCUT2D eigenvalue weighted by molar-refractivity contribution is 5.78. The lowest BCUT2D eigenvalue weighted by molar-refractivity contribution is -0.142. The van der Waals surface area contributed by atoms with Crippen LogP contribution in [0.15, 0.2) is 40.1 Å². The summed E-state index contributed by atoms with van der Waals surface area (Å²) in [5, 5.41) is 3.57. The van der Waals surface area contributed by atoms with E-state index in [4.69, 9.17) is 4.74 Å². The summed E-state index contributed by atoms with van der Waals surface area (Å²) >= 11 is 0. The summed E-state index contributed by atoms with van der Waals surface area (Å²) in [4.78, 5) is 43.9. The first-order valence-electron chi connectivity index (χ1n) is 8.46. The number of ether oxygens (including phenoxy) is 1. The number of hydrogen-bond donors (Lipinski definition) is 3. The van der Waals surface area contributed by atoms with Crippen molar-refractivity contribution in [2.45, 2.75) is 33.5 Å². The van der Waals surface area contributed by atoms with E-state index in [1.807, 2.05) is 25.1 Å². The van der Waals surface area contributed by atoms with Gasteiger partial charge in [0, 0.05) is 31.8 Å². The average Bonchev–Trinajstić information content (AvgIpc) is 2.60. The Labute approximate surface area is 154 Å². The van der Waals surface area contributed by atoms with Crippen LogP contribution in [-0.4, -0.2) is 20.9 Å². The number of pyridine rings is 1. The second kappa shape index (κ2) is 7.96. The van der Waals surface area contributed by atoms with Gasteiger partial charge in [-0.25, -0.2) is 9.78 Å². The topological polar surface area (TPSA) is 117 Å². The second-order valence-corrected chi connectivity index (χ2v) is 6.27. The summed E-state index contributed by atoms with van der Waals surface area (Å²) in [7, 11) is 0. The second-order valence-electron chi connectivity index (χ2n) is 6.27. The Morgan fingerprint density at radius 1 is 1.22 bits per heavy atom. The number of fused-ring (bicyclic) bond motifs is 1. The number of hydrogen-bond acceptors (Lipinski definition) is 6. The number of nitrogens with one attached hydrogen (secondary N) is 3. The van der Waals surface area contributed by atoms with Gasteiger partial charge in [0.25, 0.3) is 5.56 Å². The molecule has 0 aliphatic carbocycles. The molecule has 3 rings (SSSR count). The fourth-order valence-electron chi connectivity index (χ4n) is 2.89. The number of carbonyl (C=O) groups is 1. The van der Waals surface area contributed by atoms with Gasteiger partial charge in [-0.15, -0.1) is 0 Å². The highest BCUT2D eigenvalue weighted by Crippen LogP contribution is 2.17. The van der Waals surface area contributed by atoms with Crippen LogP contribution in [0.1, 0.15) is 29.2 Å². The number of H-pyrrole nitrogens is 2. The van der Waals surface area contributed by atoms with Gasteiger partial charge in [-0.3, -0.25) is 19.6 Å². The monoisotopic (exact) mass is 368 g/mol. The fourth-order valence-corrected chi connectivity index (χ4v) is 2.89. The van der Waals surface area contributed by atoms with Gasteiger partial charge in [0.1, 0.15) is 12.3 Å². The lowest BCUT2D eigenvalue weighted by atomic mass is 10.1. The third kappa shape index (κ3) is 4.48. The SMILES string of the molecule is CC(=O)OCc1cnc2[nH]c(=O)[nH]c(=O)c2c1CNCc1cccc(C)c1. The predicted molar refractivity (Wildman–Crippen MR) is 100 cm³/mol. The lowest BCUT2D eigenvalue weighted by Crippen LogP contribution is -2.25. The molecule has 8 heteroatoms. The first-order chi connectivity index (χ1) is 12.9. The number of aromatic nitrogens is 3. The zero-order valence-electron chi connectivity index (χ0n) is 15.1. The van der Waals surface area contributed by atoms with Crippen LogP contribution in [0, 0.1) is 6.92 Å². The highest BCUT2D eigenvalue weighted by atomic mass is 16.5. The minimum absolute atomic E-state index is 0.00169. The molecule has 27 heavy (non-hydrogen) atoms. The molecule has 3 aromatic rings. The van der Waals surface area contributed by atoms with E-state index in [0.29, 0.717) is 24.2 Å². The molecule has 3 N–H and O–H groups in total. The quantitative estimate of drug-likeness (QED) is 0.564. The van der Waals surface area contributed by atoms with Gasteiger partial charge in [0.15, 0.2) is 0 Å². The number of nitrogens with zero attached hydrogens (tertiary/aromatic N) is 1. The van der Waals surface area contributed by atoms with Crippen LogP contribution < -0.4 is 16.6 Å². The molecule has 0 unspecified atom stereocenters. The predicted octanol–water partition coefficient (Wildman–Crippen LogP) is 1.27. The molecule has 0 saturated carbocycles. The van der Waals surface area contributed by atoms with Crippen molar-refractivity contribution in [1.82, 2.24) is 20.3 Å². The van der Waals surface area contributed by atoms with E-state index in [9.17, 15) is 14.4 Å². The maximum Gasteiger partial charge on any atom is 0.327 e. The van der Waals surface area contributed by atoms with Crippen LogP contribution in [0.4, 0.5) is 0 Å². The average molecular weight is 368 g/mol. The Kier molecular flexibility index (Phi) is 5.46. The molecule has 2 heterocycles. The third-order valence-corrected chi connectivity index (χ3v) is 4.11. The number of esters is 1. The van der Waals surface area contributed by atoms with Gasteiger partial charge < -0.3 is 10.1 Å². The van der Waals surface area contributed by atoms with Crippen LogP contribution in [0.3, 0.4) is 0 Å². The van der Waals surface area contributed by atoms with E-state index in [-0.39, 0.29) is 17.6 Å². The molecule has 0 saturated heterocycles. The van der Waals surface area contributed by atoms with Crippen LogP contribution in [0.5, 0.6) is 0 Å². The maximum absolute atomic E-state index is 12.3. The summed E-state index contributed by atoms with van der Waals surface area (Å²) in [6.45, 7) is 4.28. The van der Waals surface area contributed by atoms with Crippen LogP contribution in [-0.2, 0) is 29.2 Å². The van der Waals surface area contributed by atoms with Gasteiger partial charge in [-0.1, -0.05) is 29.8 Å². The Morgan fingerprint density at radius 3 is 2.78 bits per heavy atom. The van der Waals surface area contributed by atoms with Crippen molar-refractivity contribution in [2.75, 3.05) is 0 Å². The summed E-state index contributed by atoms with van der Waals surface area (Å²) < 4.78 is 5.07. The van der Waals surface area contributed by atoms with E-state index < -0.39 is 17.2 Å². The largest absolute Gasteiger partial charge is 0.461 e. The maximum atomic E-state index is 12.3. The molecular weight excluding hydrogens is 348 g/mol. The van der Waals surface area contributed by atoms with Crippen molar-refractivity contribution in [3.05, 3.63) is 73.6 Å². The Morgan fingerprint density at radius 2 is 2.04 bits per heavy atom. The van der Waals surface area contributed by atoms with Crippen molar-refractivity contribution in [3.8, 4) is 0 Å². The molecule has 0 fully saturated rings. The highest BCUT2D eigenvalue weighted by Gasteiger charge is 2.14. The summed E-state index contributed by atoms with van der Waals surface area (Å²) in [5.41, 5.74) is 2.55. The lowest BCUT2D eigenvalue weighted by Gasteiger charge is -2.13. The molecule has 0 bridgehead atoms. The molecule has 0 aliphatic rings. The van der Waals surface area contributed by atoms with Crippen LogP contribution in [0.2, 0.25) is 0 Å². The molecule has 140 valence electrons. The molecule has 2 aromatic heterocycles. The van der Waals surface area contributed by atoms with Crippen LogP contribution >= 0.6 is 0 Å². The van der Waals surface area contributed by atoms with E-state index in [2.05, 4.69) is 26.3 Å². The van der Waals surface area contributed by atoms with Gasteiger partial charge in [0.2, 0.25) is 0 Å². The van der Waals surface area contributed by atoms with Crippen molar-refractivity contribution in [2.24, 2.45) is 0 Å². The first-order valence-corrected chi connectivity index (χ1v) is 8.46. The molecule has 1 aromatic carbocycles. The zero-order chi connectivity index (χ0) is 19.4. The van der Waals surface area contributed by atoms with Gasteiger partial charge in [0.05, 0.1) is 5.39 Å². The molecule has 0 spiro atoms. The number of rotatable bonds is 6. The van der Waals surface area contributed by atoms with E-state index in [1.54, 1.807) is 0 Å². The first kappa shape index (κ1) is 18.5. The minimum atomic E-state index is -0.619. The summed E-state index contributed by atoms with van der Waals surface area (Å²) in [6, 6.07) is 8.08. The molecular formula is C19H20N4O4. The van der Waals surface area contributed by atoms with Gasteiger partial charge in [-0.2, -0.15) is 0 Å². The smallest absolute Gasteiger partial charge is 0.327 e. The number of carbonyl (C=O) groups excluding carboxylic acids is 1. The fraction of sp³-hybridized carbons (Fsp3) is 0.263. The Balaban J connectivity index is 1.94. The standard InChI is InChI=1S/C19H20N4O4/c1-11-4-3-5-13(6-11)7-20-9-15-14(10-27-12(2)24)8-21-17-16(15)18(25)23-19(26)22-17/h3-6,8,20H,7,9-10H2,1-2H3,(H2,21,22,23,25,26). The van der Waals surface area contributed by atoms with E-state index in [0.717, 1.165) is 11.1 Å².